The third kappa shape index (κ3) is 4.93. The largest absolute Gasteiger partial charge is 0.417 e. The summed E-state index contributed by atoms with van der Waals surface area (Å²) in [5.41, 5.74) is 7.75. The van der Waals surface area contributed by atoms with Crippen molar-refractivity contribution in [1.82, 2.24) is 9.97 Å². The first-order chi connectivity index (χ1) is 15.7. The van der Waals surface area contributed by atoms with E-state index in [1.807, 2.05) is 20.8 Å². The van der Waals surface area contributed by atoms with Crippen molar-refractivity contribution < 1.29 is 13.2 Å². The molecule has 0 bridgehead atoms. The second-order valence-corrected chi connectivity index (χ2v) is 8.82. The zero-order chi connectivity index (χ0) is 23.8. The molecule has 0 spiro atoms. The van der Waals surface area contributed by atoms with Crippen molar-refractivity contribution in [2.75, 3.05) is 5.32 Å². The molecule has 0 amide bonds. The smallest absolute Gasteiger partial charge is 0.328 e. The average Bonchev–Trinajstić information content (AvgIpc) is 3.14. The molecule has 1 aromatic heterocycles. The van der Waals surface area contributed by atoms with Crippen LogP contribution >= 0.6 is 0 Å². The van der Waals surface area contributed by atoms with E-state index in [1.54, 1.807) is 6.07 Å². The highest BCUT2D eigenvalue weighted by Crippen LogP contribution is 2.39. The molecule has 1 saturated carbocycles. The number of alkyl halides is 3. The van der Waals surface area contributed by atoms with Crippen LogP contribution in [0.25, 0.3) is 11.4 Å². The third-order valence-electron chi connectivity index (χ3n) is 6.47. The molecule has 2 aromatic rings. The normalized spacial score (nSPS) is 23.3. The molecule has 1 aromatic carbocycles. The highest BCUT2D eigenvalue weighted by atomic mass is 19.4. The van der Waals surface area contributed by atoms with E-state index in [0.717, 1.165) is 55.1 Å². The molecule has 0 radical (unpaired) electrons. The Bertz CT molecular complexity index is 1080. The lowest BCUT2D eigenvalue weighted by Crippen LogP contribution is -2.26. The first-order valence-corrected chi connectivity index (χ1v) is 11.4. The Morgan fingerprint density at radius 3 is 2.39 bits per heavy atom. The molecule has 1 unspecified atom stereocenters. The number of hydrogen-bond acceptors (Lipinski definition) is 6. The predicted octanol–water partition coefficient (Wildman–Crippen LogP) is 5.48. The van der Waals surface area contributed by atoms with E-state index in [2.05, 4.69) is 25.3 Å². The molecular weight excluding hydrogens is 429 g/mol. The first kappa shape index (κ1) is 23.4. The van der Waals surface area contributed by atoms with Crippen LogP contribution in [0.15, 0.2) is 34.3 Å². The summed E-state index contributed by atoms with van der Waals surface area (Å²) >= 11 is 0. The van der Waals surface area contributed by atoms with Gasteiger partial charge in [0.15, 0.2) is 5.82 Å². The van der Waals surface area contributed by atoms with Crippen LogP contribution in [0.5, 0.6) is 0 Å². The van der Waals surface area contributed by atoms with Crippen molar-refractivity contribution in [3.63, 3.8) is 0 Å². The summed E-state index contributed by atoms with van der Waals surface area (Å²) in [6.45, 7) is 5.85. The minimum atomic E-state index is -4.51. The van der Waals surface area contributed by atoms with E-state index in [1.165, 1.54) is 12.1 Å². The molecule has 0 saturated heterocycles. The highest BCUT2D eigenvalue weighted by molar-refractivity contribution is 6.09. The Morgan fingerprint density at radius 2 is 1.76 bits per heavy atom. The van der Waals surface area contributed by atoms with Gasteiger partial charge in [0.25, 0.3) is 0 Å². The Kier molecular flexibility index (Phi) is 6.52. The molecule has 1 aliphatic carbocycles. The lowest BCUT2D eigenvalue weighted by atomic mass is 9.83. The van der Waals surface area contributed by atoms with Gasteiger partial charge in [0.1, 0.15) is 5.82 Å². The summed E-state index contributed by atoms with van der Waals surface area (Å²) in [4.78, 5) is 18.3. The van der Waals surface area contributed by atoms with Gasteiger partial charge in [-0.25, -0.2) is 20.0 Å². The zero-order valence-electron chi connectivity index (χ0n) is 19.1. The van der Waals surface area contributed by atoms with Crippen LogP contribution in [0.3, 0.4) is 0 Å². The number of guanidine groups is 1. The van der Waals surface area contributed by atoms with Crippen molar-refractivity contribution in [2.24, 2.45) is 15.7 Å². The Balaban J connectivity index is 1.81. The monoisotopic (exact) mass is 458 g/mol. The number of benzene rings is 1. The lowest BCUT2D eigenvalue weighted by Gasteiger charge is -2.27. The zero-order valence-corrected chi connectivity index (χ0v) is 19.1. The fourth-order valence-corrected chi connectivity index (χ4v) is 4.56. The number of halogens is 3. The minimum Gasteiger partial charge on any atom is -0.328 e. The topological polar surface area (TPSA) is 88.5 Å². The molecule has 1 aliphatic heterocycles. The fourth-order valence-electron chi connectivity index (χ4n) is 4.56. The lowest BCUT2D eigenvalue weighted by molar-refractivity contribution is -0.137. The van der Waals surface area contributed by atoms with E-state index in [4.69, 9.17) is 5.73 Å². The second kappa shape index (κ2) is 9.21. The minimum absolute atomic E-state index is 0.000582. The van der Waals surface area contributed by atoms with Gasteiger partial charge in [-0.3, -0.25) is 0 Å². The molecular formula is C24H29F3N6. The molecule has 1 fully saturated rings. The van der Waals surface area contributed by atoms with E-state index >= 15 is 0 Å². The number of nitrogens with one attached hydrogen (secondary N) is 1. The van der Waals surface area contributed by atoms with Gasteiger partial charge in [-0.15, -0.1) is 0 Å². The number of anilines is 1. The first-order valence-electron chi connectivity index (χ1n) is 11.4. The fraction of sp³-hybridized carbons (Fsp3) is 0.500. The molecule has 6 nitrogen and oxygen atoms in total. The summed E-state index contributed by atoms with van der Waals surface area (Å²) in [5, 5.41) is 3.17. The van der Waals surface area contributed by atoms with Crippen molar-refractivity contribution in [3.05, 3.63) is 41.1 Å². The maximum Gasteiger partial charge on any atom is 0.417 e. The summed E-state index contributed by atoms with van der Waals surface area (Å²) < 4.78 is 41.2. The van der Waals surface area contributed by atoms with Gasteiger partial charge < -0.3 is 11.1 Å². The van der Waals surface area contributed by atoms with Gasteiger partial charge >= 0.3 is 6.18 Å². The molecule has 2 heterocycles. The summed E-state index contributed by atoms with van der Waals surface area (Å²) in [7, 11) is 0. The van der Waals surface area contributed by atoms with E-state index in [-0.39, 0.29) is 29.4 Å². The Labute approximate surface area is 191 Å². The number of aliphatic imine (C=N–C) groups is 2. The van der Waals surface area contributed by atoms with E-state index < -0.39 is 11.7 Å². The van der Waals surface area contributed by atoms with E-state index in [0.29, 0.717) is 11.8 Å². The van der Waals surface area contributed by atoms with E-state index in [9.17, 15) is 13.2 Å². The second-order valence-electron chi connectivity index (χ2n) is 8.82. The van der Waals surface area contributed by atoms with Crippen LogP contribution in [-0.2, 0) is 6.18 Å². The number of rotatable bonds is 4. The standard InChI is InChI=1S/C24H29F3N6/c1-4-19-14(3)29-23(30-19)33-21-13(2)20(15-9-11-16(28)12-10-15)31-22(32-21)17-7-5-6-8-18(17)24(25,26)27/h5-8,15-16,19H,4,9-12,28H2,1-3H3,(H,30,31,32,33). The number of nitrogens with zero attached hydrogens (tertiary/aromatic N) is 4. The van der Waals surface area contributed by atoms with Gasteiger partial charge in [-0.2, -0.15) is 13.2 Å². The third-order valence-corrected chi connectivity index (χ3v) is 6.47. The summed E-state index contributed by atoms with van der Waals surface area (Å²) in [5.74, 6) is 1.03. The van der Waals surface area contributed by atoms with Crippen LogP contribution < -0.4 is 11.1 Å². The van der Waals surface area contributed by atoms with Crippen LogP contribution in [0.2, 0.25) is 0 Å². The van der Waals surface area contributed by atoms with Gasteiger partial charge in [0.2, 0.25) is 5.96 Å². The predicted molar refractivity (Wildman–Crippen MR) is 125 cm³/mol. The van der Waals surface area contributed by atoms with Crippen LogP contribution in [0.4, 0.5) is 19.0 Å². The Hall–Kier alpha value is -2.81. The van der Waals surface area contributed by atoms with Crippen molar-refractivity contribution >= 4 is 17.5 Å². The summed E-state index contributed by atoms with van der Waals surface area (Å²) in [6, 6.07) is 5.58. The SMILES string of the molecule is CCC1N=C(Nc2nc(-c3ccccc3C(F)(F)F)nc(C3CCC(N)CC3)c2C)N=C1C. The van der Waals surface area contributed by atoms with Crippen LogP contribution in [0, 0.1) is 6.92 Å². The maximum absolute atomic E-state index is 13.7. The molecule has 3 N–H and O–H groups in total. The number of nitrogens with two attached hydrogens (primary N) is 1. The average molecular weight is 459 g/mol. The molecule has 4 rings (SSSR count). The Morgan fingerprint density at radius 1 is 1.06 bits per heavy atom. The van der Waals surface area contributed by atoms with Gasteiger partial charge in [-0.05, 0) is 52.0 Å². The van der Waals surface area contributed by atoms with Gasteiger partial charge in [0, 0.05) is 28.8 Å². The van der Waals surface area contributed by atoms with Crippen molar-refractivity contribution in [3.8, 4) is 11.4 Å². The molecule has 2 aliphatic rings. The van der Waals surface area contributed by atoms with Crippen molar-refractivity contribution in [1.29, 1.82) is 0 Å². The van der Waals surface area contributed by atoms with Gasteiger partial charge in [-0.1, -0.05) is 25.1 Å². The molecule has 176 valence electrons. The molecule has 1 atom stereocenters. The number of hydrogen-bond donors (Lipinski definition) is 2. The highest BCUT2D eigenvalue weighted by Gasteiger charge is 2.35. The molecule has 33 heavy (non-hydrogen) atoms. The summed E-state index contributed by atoms with van der Waals surface area (Å²) in [6.07, 6.45) is -0.286. The quantitative estimate of drug-likeness (QED) is 0.635. The van der Waals surface area contributed by atoms with Crippen molar-refractivity contribution in [2.45, 2.75) is 77.1 Å². The van der Waals surface area contributed by atoms with Gasteiger partial charge in [0.05, 0.1) is 17.3 Å². The van der Waals surface area contributed by atoms with Crippen LogP contribution in [0.1, 0.15) is 68.7 Å². The van der Waals surface area contributed by atoms with Crippen LogP contribution in [-0.4, -0.2) is 33.7 Å². The maximum atomic E-state index is 13.7. The number of aromatic nitrogens is 2. The molecule has 9 heteroatoms.